The average Bonchev–Trinajstić information content (AvgIpc) is 2.44. The molecule has 2 rings (SSSR count). The SMILES string of the molecule is CC(C)(C)OC(=O)NC1CCN(Cc2cccc(Cl)c2F)CC1. The number of piperidine rings is 1. The lowest BCUT2D eigenvalue weighted by atomic mass is 10.0. The van der Waals surface area contributed by atoms with E-state index in [9.17, 15) is 9.18 Å². The second kappa shape index (κ2) is 7.49. The monoisotopic (exact) mass is 342 g/mol. The summed E-state index contributed by atoms with van der Waals surface area (Å²) in [5.41, 5.74) is 0.116. The van der Waals surface area contributed by atoms with E-state index in [-0.39, 0.29) is 23.0 Å². The fourth-order valence-corrected chi connectivity index (χ4v) is 2.82. The predicted molar refractivity (Wildman–Crippen MR) is 89.1 cm³/mol. The van der Waals surface area contributed by atoms with Gasteiger partial charge in [0.05, 0.1) is 5.02 Å². The molecule has 1 fully saturated rings. The summed E-state index contributed by atoms with van der Waals surface area (Å²) < 4.78 is 19.2. The van der Waals surface area contributed by atoms with Crippen LogP contribution in [0.15, 0.2) is 18.2 Å². The van der Waals surface area contributed by atoms with Crippen molar-refractivity contribution >= 4 is 17.7 Å². The quantitative estimate of drug-likeness (QED) is 0.903. The smallest absolute Gasteiger partial charge is 0.407 e. The third kappa shape index (κ3) is 5.66. The van der Waals surface area contributed by atoms with Crippen molar-refractivity contribution in [2.45, 2.75) is 51.8 Å². The van der Waals surface area contributed by atoms with Gasteiger partial charge in [-0.3, -0.25) is 4.90 Å². The van der Waals surface area contributed by atoms with Gasteiger partial charge in [0.1, 0.15) is 11.4 Å². The highest BCUT2D eigenvalue weighted by atomic mass is 35.5. The fourth-order valence-electron chi connectivity index (χ4n) is 2.62. The summed E-state index contributed by atoms with van der Waals surface area (Å²) in [6.07, 6.45) is 1.26. The Morgan fingerprint density at radius 2 is 2.04 bits per heavy atom. The topological polar surface area (TPSA) is 41.6 Å². The van der Waals surface area contributed by atoms with E-state index in [1.807, 2.05) is 20.8 Å². The molecule has 1 aliphatic heterocycles. The van der Waals surface area contributed by atoms with E-state index in [1.165, 1.54) is 0 Å². The van der Waals surface area contributed by atoms with E-state index in [4.69, 9.17) is 16.3 Å². The van der Waals surface area contributed by atoms with Gasteiger partial charge in [0.15, 0.2) is 0 Å². The first-order valence-corrected chi connectivity index (χ1v) is 8.27. The second-order valence-corrected chi connectivity index (χ2v) is 7.32. The maximum atomic E-state index is 13.9. The Morgan fingerprint density at radius 3 is 2.65 bits per heavy atom. The molecule has 0 aliphatic carbocycles. The van der Waals surface area contributed by atoms with Gasteiger partial charge in [0.2, 0.25) is 0 Å². The van der Waals surface area contributed by atoms with Crippen molar-refractivity contribution in [3.63, 3.8) is 0 Å². The van der Waals surface area contributed by atoms with Crippen LogP contribution in [0.3, 0.4) is 0 Å². The zero-order valence-electron chi connectivity index (χ0n) is 13.9. The zero-order chi connectivity index (χ0) is 17.0. The molecule has 0 unspecified atom stereocenters. The van der Waals surface area contributed by atoms with Gasteiger partial charge in [-0.25, -0.2) is 9.18 Å². The van der Waals surface area contributed by atoms with E-state index < -0.39 is 5.60 Å². The maximum Gasteiger partial charge on any atom is 0.407 e. The van der Waals surface area contributed by atoms with Crippen molar-refractivity contribution in [3.05, 3.63) is 34.6 Å². The van der Waals surface area contributed by atoms with Gasteiger partial charge in [-0.1, -0.05) is 23.7 Å². The summed E-state index contributed by atoms with van der Waals surface area (Å²) in [4.78, 5) is 13.9. The number of nitrogens with one attached hydrogen (secondary N) is 1. The first kappa shape index (κ1) is 18.0. The molecule has 1 aliphatic rings. The number of carbonyl (C=O) groups excluding carboxylic acids is 1. The summed E-state index contributed by atoms with van der Waals surface area (Å²) in [5.74, 6) is -0.344. The lowest BCUT2D eigenvalue weighted by molar-refractivity contribution is 0.0477. The summed E-state index contributed by atoms with van der Waals surface area (Å²) in [7, 11) is 0. The van der Waals surface area contributed by atoms with Gasteiger partial charge in [-0.05, 0) is 39.7 Å². The Bertz CT molecular complexity index is 552. The van der Waals surface area contributed by atoms with Crippen LogP contribution in [0, 0.1) is 5.82 Å². The standard InChI is InChI=1S/C17H24ClFN2O2/c1-17(2,3)23-16(22)20-13-7-9-21(10-8-13)11-12-5-4-6-14(18)15(12)19/h4-6,13H,7-11H2,1-3H3,(H,20,22). The van der Waals surface area contributed by atoms with Gasteiger partial charge < -0.3 is 10.1 Å². The number of carbonyl (C=O) groups is 1. The molecule has 0 saturated carbocycles. The molecule has 0 spiro atoms. The Kier molecular flexibility index (Phi) is 5.87. The van der Waals surface area contributed by atoms with Crippen molar-refractivity contribution in [2.75, 3.05) is 13.1 Å². The van der Waals surface area contributed by atoms with Crippen LogP contribution < -0.4 is 5.32 Å². The predicted octanol–water partition coefficient (Wildman–Crippen LogP) is 3.97. The highest BCUT2D eigenvalue weighted by molar-refractivity contribution is 6.30. The van der Waals surface area contributed by atoms with E-state index in [1.54, 1.807) is 18.2 Å². The highest BCUT2D eigenvalue weighted by Gasteiger charge is 2.24. The molecule has 6 heteroatoms. The fraction of sp³-hybridized carbons (Fsp3) is 0.588. The molecular weight excluding hydrogens is 319 g/mol. The van der Waals surface area contributed by atoms with Crippen molar-refractivity contribution in [1.82, 2.24) is 10.2 Å². The molecular formula is C17H24ClFN2O2. The molecule has 1 aromatic rings. The summed E-state index contributed by atoms with van der Waals surface area (Å²) >= 11 is 5.81. The van der Waals surface area contributed by atoms with E-state index >= 15 is 0 Å². The molecule has 4 nitrogen and oxygen atoms in total. The van der Waals surface area contributed by atoms with Crippen molar-refractivity contribution < 1.29 is 13.9 Å². The largest absolute Gasteiger partial charge is 0.444 e. The van der Waals surface area contributed by atoms with E-state index in [0.29, 0.717) is 12.1 Å². The minimum atomic E-state index is -0.491. The van der Waals surface area contributed by atoms with Crippen LogP contribution in [0.1, 0.15) is 39.2 Å². The Labute approximate surface area is 141 Å². The van der Waals surface area contributed by atoms with E-state index in [0.717, 1.165) is 25.9 Å². The van der Waals surface area contributed by atoms with Gasteiger partial charge >= 0.3 is 6.09 Å². The molecule has 1 saturated heterocycles. The van der Waals surface area contributed by atoms with Gasteiger partial charge in [0, 0.05) is 31.2 Å². The van der Waals surface area contributed by atoms with Crippen LogP contribution in [-0.4, -0.2) is 35.7 Å². The molecule has 1 heterocycles. The summed E-state index contributed by atoms with van der Waals surface area (Å²) in [6, 6.07) is 5.17. The Balaban J connectivity index is 1.80. The summed E-state index contributed by atoms with van der Waals surface area (Å²) in [5, 5.41) is 3.05. The number of halogens is 2. The van der Waals surface area contributed by atoms with Crippen LogP contribution >= 0.6 is 11.6 Å². The molecule has 1 N–H and O–H groups in total. The first-order valence-electron chi connectivity index (χ1n) is 7.89. The molecule has 128 valence electrons. The average molecular weight is 343 g/mol. The molecule has 1 aromatic carbocycles. The number of alkyl carbamates (subject to hydrolysis) is 1. The van der Waals surface area contributed by atoms with Crippen LogP contribution in [0.25, 0.3) is 0 Å². The number of rotatable bonds is 3. The maximum absolute atomic E-state index is 13.9. The van der Waals surface area contributed by atoms with Crippen LogP contribution in [0.2, 0.25) is 5.02 Å². The van der Waals surface area contributed by atoms with Crippen LogP contribution in [0.5, 0.6) is 0 Å². The van der Waals surface area contributed by atoms with Crippen molar-refractivity contribution in [1.29, 1.82) is 0 Å². The Morgan fingerprint density at radius 1 is 1.39 bits per heavy atom. The number of hydrogen-bond acceptors (Lipinski definition) is 3. The van der Waals surface area contributed by atoms with Crippen molar-refractivity contribution in [2.24, 2.45) is 0 Å². The lowest BCUT2D eigenvalue weighted by Crippen LogP contribution is -2.45. The molecule has 0 atom stereocenters. The molecule has 23 heavy (non-hydrogen) atoms. The lowest BCUT2D eigenvalue weighted by Gasteiger charge is -2.32. The van der Waals surface area contributed by atoms with E-state index in [2.05, 4.69) is 10.2 Å². The Hall–Kier alpha value is -1.33. The highest BCUT2D eigenvalue weighted by Crippen LogP contribution is 2.21. The number of nitrogens with zero attached hydrogens (tertiary/aromatic N) is 1. The van der Waals surface area contributed by atoms with Gasteiger partial charge in [-0.15, -0.1) is 0 Å². The number of likely N-dealkylation sites (tertiary alicyclic amines) is 1. The minimum absolute atomic E-state index is 0.102. The van der Waals surface area contributed by atoms with Gasteiger partial charge in [-0.2, -0.15) is 0 Å². The van der Waals surface area contributed by atoms with Crippen LogP contribution in [-0.2, 0) is 11.3 Å². The minimum Gasteiger partial charge on any atom is -0.444 e. The molecule has 0 bridgehead atoms. The third-order valence-electron chi connectivity index (χ3n) is 3.73. The summed E-state index contributed by atoms with van der Waals surface area (Å²) in [6.45, 7) is 7.66. The van der Waals surface area contributed by atoms with Gasteiger partial charge in [0.25, 0.3) is 0 Å². The number of hydrogen-bond donors (Lipinski definition) is 1. The second-order valence-electron chi connectivity index (χ2n) is 6.91. The zero-order valence-corrected chi connectivity index (χ0v) is 14.6. The van der Waals surface area contributed by atoms with Crippen LogP contribution in [0.4, 0.5) is 9.18 Å². The molecule has 0 aromatic heterocycles. The molecule has 0 radical (unpaired) electrons. The van der Waals surface area contributed by atoms with Crippen molar-refractivity contribution in [3.8, 4) is 0 Å². The number of ether oxygens (including phenoxy) is 1. The number of amides is 1. The number of benzene rings is 1. The first-order chi connectivity index (χ1) is 10.7. The normalized spacial score (nSPS) is 17.1. The third-order valence-corrected chi connectivity index (χ3v) is 4.03. The molecule has 1 amide bonds.